The maximum absolute atomic E-state index is 12.2. The molecule has 0 atom stereocenters. The van der Waals surface area contributed by atoms with E-state index in [1.807, 2.05) is 48.8 Å². The van der Waals surface area contributed by atoms with Gasteiger partial charge in [0, 0.05) is 41.4 Å². The van der Waals surface area contributed by atoms with Crippen LogP contribution in [0.2, 0.25) is 0 Å². The monoisotopic (exact) mass is 621 g/mol. The smallest absolute Gasteiger partial charge is 0.295 e. The van der Waals surface area contributed by atoms with E-state index < -0.39 is 51.3 Å². The Hall–Kier alpha value is -3.40. The quantitative estimate of drug-likeness (QED) is 0.146. The Kier molecular flexibility index (Phi) is 8.28. The maximum Gasteiger partial charge on any atom is 0.295 e. The van der Waals surface area contributed by atoms with E-state index in [4.69, 9.17) is 0 Å². The van der Waals surface area contributed by atoms with Crippen molar-refractivity contribution in [2.45, 2.75) is 35.5 Å². The van der Waals surface area contributed by atoms with Crippen LogP contribution >= 0.6 is 0 Å². The molecule has 14 heteroatoms. The minimum absolute atomic E-state index is 0.0433. The first-order valence-electron chi connectivity index (χ1n) is 12.3. The summed E-state index contributed by atoms with van der Waals surface area (Å²) in [4.78, 5) is -1.39. The van der Waals surface area contributed by atoms with Crippen LogP contribution in [0.3, 0.4) is 0 Å². The van der Waals surface area contributed by atoms with Crippen molar-refractivity contribution in [2.24, 2.45) is 0 Å². The predicted molar refractivity (Wildman–Crippen MR) is 156 cm³/mol. The third kappa shape index (κ3) is 6.74. The van der Waals surface area contributed by atoms with Crippen LogP contribution in [-0.4, -0.2) is 61.5 Å². The SMILES string of the molecule is CC1(C)C(C=CC=CNc2ccccc2)=[N+](CCCS(=O)(=O)O)c2ccc3c(S(=O)(=O)O)cc(S(=O)(=O)O)cc3c21. The first-order chi connectivity index (χ1) is 19.0. The van der Waals surface area contributed by atoms with Crippen molar-refractivity contribution in [1.29, 1.82) is 0 Å². The maximum atomic E-state index is 12.2. The fourth-order valence-electron chi connectivity index (χ4n) is 5.03. The molecule has 3 aromatic rings. The van der Waals surface area contributed by atoms with E-state index in [-0.39, 0.29) is 23.7 Å². The number of fused-ring (bicyclic) bond motifs is 3. The Morgan fingerprint density at radius 1 is 0.854 bits per heavy atom. The van der Waals surface area contributed by atoms with Gasteiger partial charge in [-0.25, -0.2) is 0 Å². The molecular formula is C27H29N2O9S3+. The Balaban J connectivity index is 1.88. The molecule has 0 saturated carbocycles. The van der Waals surface area contributed by atoms with E-state index in [1.165, 1.54) is 6.07 Å². The van der Waals surface area contributed by atoms with E-state index in [1.54, 1.807) is 30.5 Å². The van der Waals surface area contributed by atoms with Crippen molar-refractivity contribution >= 4 is 58.2 Å². The van der Waals surface area contributed by atoms with Gasteiger partial charge in [-0.05, 0) is 55.6 Å². The van der Waals surface area contributed by atoms with Gasteiger partial charge in [-0.3, -0.25) is 13.7 Å². The van der Waals surface area contributed by atoms with Gasteiger partial charge < -0.3 is 5.32 Å². The molecule has 1 heterocycles. The Morgan fingerprint density at radius 2 is 1.54 bits per heavy atom. The summed E-state index contributed by atoms with van der Waals surface area (Å²) < 4.78 is 102. The molecular weight excluding hydrogens is 593 g/mol. The highest BCUT2D eigenvalue weighted by Crippen LogP contribution is 2.46. The number of hydrogen-bond donors (Lipinski definition) is 4. The number of anilines is 1. The normalized spacial score (nSPS) is 15.7. The van der Waals surface area contributed by atoms with E-state index in [9.17, 15) is 38.9 Å². The second kappa shape index (κ2) is 11.1. The van der Waals surface area contributed by atoms with Gasteiger partial charge in [0.15, 0.2) is 5.71 Å². The summed E-state index contributed by atoms with van der Waals surface area (Å²) >= 11 is 0. The topological polar surface area (TPSA) is 178 Å². The van der Waals surface area contributed by atoms with Gasteiger partial charge in [0.1, 0.15) is 11.4 Å². The van der Waals surface area contributed by atoms with Crippen molar-refractivity contribution < 1.29 is 43.5 Å². The molecule has 0 aromatic heterocycles. The van der Waals surface area contributed by atoms with Crippen molar-refractivity contribution in [2.75, 3.05) is 17.6 Å². The lowest BCUT2D eigenvalue weighted by Gasteiger charge is -2.18. The number of hydrogen-bond acceptors (Lipinski definition) is 7. The minimum atomic E-state index is -4.89. The Bertz CT molecular complexity index is 1930. The molecule has 0 aliphatic carbocycles. The molecule has 0 radical (unpaired) electrons. The fraction of sp³-hybridized carbons (Fsp3) is 0.222. The van der Waals surface area contributed by atoms with Gasteiger partial charge in [0.05, 0.1) is 16.1 Å². The lowest BCUT2D eigenvalue weighted by Crippen LogP contribution is -2.28. The molecule has 3 aromatic carbocycles. The number of nitrogens with zero attached hydrogens (tertiary/aromatic N) is 1. The molecule has 0 amide bonds. The summed E-state index contributed by atoms with van der Waals surface area (Å²) in [6, 6.07) is 14.3. The first kappa shape index (κ1) is 30.6. The zero-order chi connectivity index (χ0) is 30.2. The summed E-state index contributed by atoms with van der Waals surface area (Å²) in [5, 5.41) is 3.33. The summed E-state index contributed by atoms with van der Waals surface area (Å²) in [6.07, 6.45) is 7.07. The van der Waals surface area contributed by atoms with Crippen LogP contribution in [0, 0.1) is 0 Å². The molecule has 0 unspecified atom stereocenters. The van der Waals surface area contributed by atoms with Gasteiger partial charge in [-0.15, -0.1) is 0 Å². The number of allylic oxidation sites excluding steroid dienone is 3. The minimum Gasteiger partial charge on any atom is -0.362 e. The summed E-state index contributed by atoms with van der Waals surface area (Å²) in [7, 11) is -14.0. The number of rotatable bonds is 10. The summed E-state index contributed by atoms with van der Waals surface area (Å²) in [6.45, 7) is 3.80. The highest BCUT2D eigenvalue weighted by Gasteiger charge is 2.46. The van der Waals surface area contributed by atoms with Crippen LogP contribution in [0.15, 0.2) is 88.8 Å². The van der Waals surface area contributed by atoms with Gasteiger partial charge in [-0.1, -0.05) is 24.3 Å². The van der Waals surface area contributed by atoms with Crippen molar-refractivity contribution in [1.82, 2.24) is 0 Å². The molecule has 11 nitrogen and oxygen atoms in total. The van der Waals surface area contributed by atoms with Gasteiger partial charge in [-0.2, -0.15) is 29.8 Å². The summed E-state index contributed by atoms with van der Waals surface area (Å²) in [5.74, 6) is -0.495. The van der Waals surface area contributed by atoms with Crippen LogP contribution in [0.4, 0.5) is 11.4 Å². The highest BCUT2D eigenvalue weighted by atomic mass is 32.2. The van der Waals surface area contributed by atoms with Crippen LogP contribution in [0.1, 0.15) is 25.8 Å². The Morgan fingerprint density at radius 3 is 2.15 bits per heavy atom. The second-order valence-electron chi connectivity index (χ2n) is 9.96. The molecule has 0 bridgehead atoms. The van der Waals surface area contributed by atoms with Gasteiger partial charge in [0.25, 0.3) is 30.4 Å². The molecule has 4 rings (SSSR count). The average molecular weight is 622 g/mol. The second-order valence-corrected chi connectivity index (χ2v) is 14.3. The van der Waals surface area contributed by atoms with Crippen LogP contribution < -0.4 is 5.32 Å². The lowest BCUT2D eigenvalue weighted by molar-refractivity contribution is -0.437. The molecule has 218 valence electrons. The van der Waals surface area contributed by atoms with Crippen LogP contribution in [-0.2, 0) is 35.8 Å². The van der Waals surface area contributed by atoms with E-state index in [0.29, 0.717) is 23.0 Å². The first-order valence-corrected chi connectivity index (χ1v) is 16.8. The molecule has 41 heavy (non-hydrogen) atoms. The summed E-state index contributed by atoms with van der Waals surface area (Å²) in [5.41, 5.74) is 1.70. The van der Waals surface area contributed by atoms with Crippen molar-refractivity contribution in [3.8, 4) is 0 Å². The zero-order valence-corrected chi connectivity index (χ0v) is 24.5. The highest BCUT2D eigenvalue weighted by molar-refractivity contribution is 7.87. The number of nitrogens with one attached hydrogen (secondary N) is 1. The third-order valence-electron chi connectivity index (χ3n) is 6.74. The zero-order valence-electron chi connectivity index (χ0n) is 22.1. The molecule has 1 aliphatic heterocycles. The average Bonchev–Trinajstić information content (AvgIpc) is 3.08. The van der Waals surface area contributed by atoms with Crippen LogP contribution in [0.25, 0.3) is 10.8 Å². The van der Waals surface area contributed by atoms with Gasteiger partial charge in [0.2, 0.25) is 5.69 Å². The van der Waals surface area contributed by atoms with Crippen LogP contribution in [0.5, 0.6) is 0 Å². The predicted octanol–water partition coefficient (Wildman–Crippen LogP) is 4.17. The van der Waals surface area contributed by atoms with E-state index >= 15 is 0 Å². The van der Waals surface area contributed by atoms with Crippen molar-refractivity contribution in [3.63, 3.8) is 0 Å². The molecule has 1 aliphatic rings. The molecule has 0 spiro atoms. The van der Waals surface area contributed by atoms with E-state index in [2.05, 4.69) is 5.32 Å². The molecule has 0 saturated heterocycles. The molecule has 4 N–H and O–H groups in total. The number of benzene rings is 3. The van der Waals surface area contributed by atoms with Crippen molar-refractivity contribution in [3.05, 3.63) is 84.6 Å². The fourth-order valence-corrected chi connectivity index (χ4v) is 6.86. The van der Waals surface area contributed by atoms with E-state index in [0.717, 1.165) is 11.8 Å². The standard InChI is InChI=1S/C27H28N2O9S3/c1-27(2)25(11-6-7-14-28-19-9-4-3-5-10-19)29(15-8-16-39(30,31)32)23-13-12-21-22(26(23)27)17-20(40(33,34)35)18-24(21)41(36,37)38/h3-7,9-14,17-18H,8,15-16H2,1-2H3,(H3,30,31,32,33,34,35,36,37,38)/p+1. The Labute approximate surface area is 238 Å². The number of para-hydroxylation sites is 1. The van der Waals surface area contributed by atoms with Gasteiger partial charge >= 0.3 is 0 Å². The molecule has 0 fully saturated rings. The third-order valence-corrected chi connectivity index (χ3v) is 9.27. The largest absolute Gasteiger partial charge is 0.362 e. The lowest BCUT2D eigenvalue weighted by atomic mass is 9.79.